The minimum absolute atomic E-state index is 0.153. The molecule has 2 amide bonds. The largest absolute Gasteiger partial charge is 0.354 e. The maximum absolute atomic E-state index is 12.9. The third kappa shape index (κ3) is 5.60. The fraction of sp³-hybridized carbons (Fsp3) is 0.333. The monoisotopic (exact) mass is 372 g/mol. The van der Waals surface area contributed by atoms with Gasteiger partial charge in [0.05, 0.1) is 0 Å². The average Bonchev–Trinajstić information content (AvgIpc) is 2.64. The Morgan fingerprint density at radius 3 is 2.31 bits per heavy atom. The Kier molecular flexibility index (Phi) is 7.67. The first-order valence-corrected chi connectivity index (χ1v) is 9.25. The lowest BCUT2D eigenvalue weighted by molar-refractivity contribution is -0.140. The summed E-state index contributed by atoms with van der Waals surface area (Å²) in [6, 6.07) is 16.1. The van der Waals surface area contributed by atoms with Crippen LogP contribution in [-0.4, -0.2) is 23.3 Å². The number of nitrogens with zero attached hydrogens (tertiary/aromatic N) is 1. The van der Waals surface area contributed by atoms with Crippen LogP contribution in [0.5, 0.6) is 0 Å². The highest BCUT2D eigenvalue weighted by atomic mass is 35.5. The van der Waals surface area contributed by atoms with E-state index in [-0.39, 0.29) is 11.8 Å². The number of hydrogen-bond donors (Lipinski definition) is 1. The van der Waals surface area contributed by atoms with E-state index in [0.29, 0.717) is 18.1 Å². The lowest BCUT2D eigenvalue weighted by atomic mass is 10.0. The SMILES string of the molecule is CCCCNC(=O)[C@@H](c1ccccc1)N(Cc1ccc(Cl)cc1)C(C)=O. The van der Waals surface area contributed by atoms with Crippen molar-refractivity contribution in [2.75, 3.05) is 6.54 Å². The number of halogens is 1. The maximum atomic E-state index is 12.9. The zero-order valence-corrected chi connectivity index (χ0v) is 16.0. The van der Waals surface area contributed by atoms with Crippen molar-refractivity contribution in [3.63, 3.8) is 0 Å². The molecule has 2 aromatic rings. The molecule has 0 aliphatic rings. The van der Waals surface area contributed by atoms with Crippen LogP contribution < -0.4 is 5.32 Å². The third-order valence-electron chi connectivity index (χ3n) is 4.18. The van der Waals surface area contributed by atoms with Crippen molar-refractivity contribution < 1.29 is 9.59 Å². The van der Waals surface area contributed by atoms with Gasteiger partial charge in [0, 0.05) is 25.0 Å². The van der Waals surface area contributed by atoms with Gasteiger partial charge in [0.1, 0.15) is 6.04 Å². The van der Waals surface area contributed by atoms with Crippen molar-refractivity contribution in [1.82, 2.24) is 10.2 Å². The molecular weight excluding hydrogens is 348 g/mol. The molecule has 0 spiro atoms. The molecule has 4 nitrogen and oxygen atoms in total. The van der Waals surface area contributed by atoms with Gasteiger partial charge in [0.25, 0.3) is 0 Å². The van der Waals surface area contributed by atoms with Crippen LogP contribution in [-0.2, 0) is 16.1 Å². The van der Waals surface area contributed by atoms with Gasteiger partial charge >= 0.3 is 0 Å². The second kappa shape index (κ2) is 9.97. The number of rotatable bonds is 8. The van der Waals surface area contributed by atoms with Crippen molar-refractivity contribution >= 4 is 23.4 Å². The van der Waals surface area contributed by atoms with Crippen molar-refractivity contribution in [1.29, 1.82) is 0 Å². The second-order valence-corrected chi connectivity index (χ2v) is 6.67. The van der Waals surface area contributed by atoms with Crippen LogP contribution in [0.15, 0.2) is 54.6 Å². The molecule has 0 heterocycles. The Morgan fingerprint density at radius 1 is 1.08 bits per heavy atom. The predicted molar refractivity (Wildman–Crippen MR) is 105 cm³/mol. The Bertz CT molecular complexity index is 717. The molecular formula is C21H25ClN2O2. The van der Waals surface area contributed by atoms with Gasteiger partial charge in [0.15, 0.2) is 0 Å². The lowest BCUT2D eigenvalue weighted by Gasteiger charge is -2.30. The summed E-state index contributed by atoms with van der Waals surface area (Å²) in [5, 5.41) is 3.60. The zero-order valence-electron chi connectivity index (χ0n) is 15.2. The molecule has 1 atom stereocenters. The number of nitrogens with one attached hydrogen (secondary N) is 1. The smallest absolute Gasteiger partial charge is 0.247 e. The second-order valence-electron chi connectivity index (χ2n) is 6.23. The number of benzene rings is 2. The van der Waals surface area contributed by atoms with Gasteiger partial charge in [-0.15, -0.1) is 0 Å². The zero-order chi connectivity index (χ0) is 18.9. The van der Waals surface area contributed by atoms with E-state index in [1.54, 1.807) is 17.0 Å². The highest BCUT2D eigenvalue weighted by molar-refractivity contribution is 6.30. The topological polar surface area (TPSA) is 49.4 Å². The summed E-state index contributed by atoms with van der Waals surface area (Å²) >= 11 is 5.95. The molecule has 0 bridgehead atoms. The molecule has 2 aromatic carbocycles. The van der Waals surface area contributed by atoms with Gasteiger partial charge in [-0.2, -0.15) is 0 Å². The van der Waals surface area contributed by atoms with E-state index in [2.05, 4.69) is 12.2 Å². The van der Waals surface area contributed by atoms with Gasteiger partial charge in [-0.3, -0.25) is 9.59 Å². The van der Waals surface area contributed by atoms with E-state index in [0.717, 1.165) is 24.0 Å². The average molecular weight is 373 g/mol. The quantitative estimate of drug-likeness (QED) is 0.700. The van der Waals surface area contributed by atoms with Gasteiger partial charge < -0.3 is 10.2 Å². The number of carbonyl (C=O) groups is 2. The summed E-state index contributed by atoms with van der Waals surface area (Å²) < 4.78 is 0. The number of amides is 2. The minimum Gasteiger partial charge on any atom is -0.354 e. The van der Waals surface area contributed by atoms with Crippen molar-refractivity contribution in [3.05, 3.63) is 70.7 Å². The van der Waals surface area contributed by atoms with Crippen LogP contribution in [0.3, 0.4) is 0 Å². The van der Waals surface area contributed by atoms with Crippen molar-refractivity contribution in [2.24, 2.45) is 0 Å². The van der Waals surface area contributed by atoms with E-state index in [1.807, 2.05) is 42.5 Å². The maximum Gasteiger partial charge on any atom is 0.247 e. The minimum atomic E-state index is -0.666. The number of hydrogen-bond acceptors (Lipinski definition) is 2. The summed E-state index contributed by atoms with van der Waals surface area (Å²) in [4.78, 5) is 26.9. The Labute approximate surface area is 160 Å². The number of carbonyl (C=O) groups excluding carboxylic acids is 2. The van der Waals surface area contributed by atoms with Crippen molar-refractivity contribution in [3.8, 4) is 0 Å². The fourth-order valence-electron chi connectivity index (χ4n) is 2.76. The summed E-state index contributed by atoms with van der Waals surface area (Å²) in [5.74, 6) is -0.312. The summed E-state index contributed by atoms with van der Waals surface area (Å²) in [5.41, 5.74) is 1.72. The summed E-state index contributed by atoms with van der Waals surface area (Å²) in [6.07, 6.45) is 1.90. The van der Waals surface area contributed by atoms with Gasteiger partial charge in [-0.05, 0) is 29.7 Å². The molecule has 5 heteroatoms. The van der Waals surface area contributed by atoms with Gasteiger partial charge in [-0.1, -0.05) is 67.4 Å². The fourth-order valence-corrected chi connectivity index (χ4v) is 2.89. The molecule has 0 saturated carbocycles. The molecule has 0 aliphatic carbocycles. The third-order valence-corrected chi connectivity index (χ3v) is 4.43. The Balaban J connectivity index is 2.30. The van der Waals surface area contributed by atoms with Crippen LogP contribution >= 0.6 is 11.6 Å². The van der Waals surface area contributed by atoms with E-state index < -0.39 is 6.04 Å². The first-order chi connectivity index (χ1) is 12.5. The summed E-state index contributed by atoms with van der Waals surface area (Å²) in [7, 11) is 0. The molecule has 1 N–H and O–H groups in total. The molecule has 0 radical (unpaired) electrons. The van der Waals surface area contributed by atoms with E-state index >= 15 is 0 Å². The first kappa shape index (κ1) is 20.0. The van der Waals surface area contributed by atoms with Crippen molar-refractivity contribution in [2.45, 2.75) is 39.3 Å². The van der Waals surface area contributed by atoms with E-state index in [1.165, 1.54) is 6.92 Å². The predicted octanol–water partition coefficient (Wildman–Crippen LogP) is 4.35. The van der Waals surface area contributed by atoms with Crippen LogP contribution in [0.1, 0.15) is 43.9 Å². The van der Waals surface area contributed by atoms with Crippen LogP contribution in [0.4, 0.5) is 0 Å². The molecule has 0 fully saturated rings. The first-order valence-electron chi connectivity index (χ1n) is 8.87. The van der Waals surface area contributed by atoms with E-state index in [4.69, 9.17) is 11.6 Å². The molecule has 138 valence electrons. The highest BCUT2D eigenvalue weighted by Crippen LogP contribution is 2.24. The molecule has 0 aliphatic heterocycles. The number of unbranched alkanes of at least 4 members (excludes halogenated alkanes) is 1. The molecule has 0 aromatic heterocycles. The van der Waals surface area contributed by atoms with Crippen LogP contribution in [0.2, 0.25) is 5.02 Å². The molecule has 26 heavy (non-hydrogen) atoms. The normalized spacial score (nSPS) is 11.7. The Hall–Kier alpha value is -2.33. The summed E-state index contributed by atoms with van der Waals surface area (Å²) in [6.45, 7) is 4.51. The van der Waals surface area contributed by atoms with Gasteiger partial charge in [-0.25, -0.2) is 0 Å². The molecule has 0 unspecified atom stereocenters. The standard InChI is InChI=1S/C21H25ClN2O2/c1-3-4-14-23-21(26)20(18-8-6-5-7-9-18)24(16(2)25)15-17-10-12-19(22)13-11-17/h5-13,20H,3-4,14-15H2,1-2H3,(H,23,26)/t20-/m1/s1. The Morgan fingerprint density at radius 2 is 1.73 bits per heavy atom. The van der Waals surface area contributed by atoms with Gasteiger partial charge in [0.2, 0.25) is 11.8 Å². The molecule has 2 rings (SSSR count). The highest BCUT2D eigenvalue weighted by Gasteiger charge is 2.29. The van der Waals surface area contributed by atoms with E-state index in [9.17, 15) is 9.59 Å². The van der Waals surface area contributed by atoms with Crippen LogP contribution in [0, 0.1) is 0 Å². The van der Waals surface area contributed by atoms with Crippen LogP contribution in [0.25, 0.3) is 0 Å². The molecule has 0 saturated heterocycles. The lowest BCUT2D eigenvalue weighted by Crippen LogP contribution is -2.42.